The number of carboxylic acids is 1. The van der Waals surface area contributed by atoms with Crippen molar-refractivity contribution in [2.45, 2.75) is 32.0 Å². The van der Waals surface area contributed by atoms with Crippen molar-refractivity contribution in [3.05, 3.63) is 40.4 Å². The zero-order valence-corrected chi connectivity index (χ0v) is 16.3. The fourth-order valence-electron chi connectivity index (χ4n) is 2.87. The average Bonchev–Trinajstić information content (AvgIpc) is 2.66. The fourth-order valence-corrected chi connectivity index (χ4v) is 3.05. The predicted octanol–water partition coefficient (Wildman–Crippen LogP) is 3.20. The predicted molar refractivity (Wildman–Crippen MR) is 100 cm³/mol. The molecule has 29 heavy (non-hydrogen) atoms. The first kappa shape index (κ1) is 22.7. The number of carboxylic acid groups (broad SMARTS) is 1. The van der Waals surface area contributed by atoms with Crippen LogP contribution in [0.2, 0.25) is 5.02 Å². The second kappa shape index (κ2) is 9.30. The van der Waals surface area contributed by atoms with Crippen molar-refractivity contribution in [3.8, 4) is 0 Å². The second-order valence-electron chi connectivity index (χ2n) is 6.74. The Bertz CT molecular complexity index is 818. The Kier molecular flexibility index (Phi) is 7.29. The molecule has 6 nitrogen and oxygen atoms in total. The van der Waals surface area contributed by atoms with Gasteiger partial charge in [-0.2, -0.15) is 13.2 Å². The van der Waals surface area contributed by atoms with Gasteiger partial charge in [0.05, 0.1) is 5.56 Å². The topological polar surface area (TPSA) is 86.7 Å². The van der Waals surface area contributed by atoms with Gasteiger partial charge in [-0.05, 0) is 49.6 Å². The van der Waals surface area contributed by atoms with Crippen LogP contribution in [0.25, 0.3) is 6.08 Å². The maximum atomic E-state index is 12.8. The molecule has 1 fully saturated rings. The van der Waals surface area contributed by atoms with Gasteiger partial charge in [0.2, 0.25) is 11.8 Å². The van der Waals surface area contributed by atoms with E-state index in [2.05, 4.69) is 5.32 Å². The Morgan fingerprint density at radius 3 is 2.45 bits per heavy atom. The summed E-state index contributed by atoms with van der Waals surface area (Å²) in [6.07, 6.45) is -1.41. The van der Waals surface area contributed by atoms with Crippen molar-refractivity contribution < 1.29 is 32.7 Å². The van der Waals surface area contributed by atoms with Crippen LogP contribution in [-0.4, -0.2) is 46.9 Å². The molecule has 2 rings (SSSR count). The van der Waals surface area contributed by atoms with E-state index in [-0.39, 0.29) is 29.6 Å². The van der Waals surface area contributed by atoms with Crippen LogP contribution in [0.1, 0.15) is 30.9 Å². The third-order valence-electron chi connectivity index (χ3n) is 4.64. The zero-order valence-electron chi connectivity index (χ0n) is 15.5. The van der Waals surface area contributed by atoms with Gasteiger partial charge in [-0.25, -0.2) is 0 Å². The normalized spacial score (nSPS) is 16.7. The molecule has 2 N–H and O–H groups in total. The lowest BCUT2D eigenvalue weighted by Gasteiger charge is -2.31. The van der Waals surface area contributed by atoms with Crippen LogP contribution in [0.15, 0.2) is 24.3 Å². The minimum Gasteiger partial charge on any atom is -0.480 e. The van der Waals surface area contributed by atoms with E-state index in [1.54, 1.807) is 0 Å². The number of amides is 2. The molecule has 0 radical (unpaired) electrons. The highest BCUT2D eigenvalue weighted by molar-refractivity contribution is 6.32. The Balaban J connectivity index is 1.95. The Morgan fingerprint density at radius 1 is 1.28 bits per heavy atom. The summed E-state index contributed by atoms with van der Waals surface area (Å²) in [6.45, 7) is 1.92. The summed E-state index contributed by atoms with van der Waals surface area (Å²) in [5, 5.41) is 11.3. The van der Waals surface area contributed by atoms with Crippen molar-refractivity contribution in [2.75, 3.05) is 13.1 Å². The van der Waals surface area contributed by atoms with Crippen LogP contribution >= 0.6 is 11.6 Å². The summed E-state index contributed by atoms with van der Waals surface area (Å²) in [5.41, 5.74) is -0.789. The molecule has 1 aliphatic heterocycles. The monoisotopic (exact) mass is 432 g/mol. The highest BCUT2D eigenvalue weighted by Crippen LogP contribution is 2.32. The Morgan fingerprint density at radius 2 is 1.90 bits per heavy atom. The molecular weight excluding hydrogens is 413 g/mol. The molecule has 0 spiro atoms. The third-order valence-corrected chi connectivity index (χ3v) is 4.98. The summed E-state index contributed by atoms with van der Waals surface area (Å²) >= 11 is 5.90. The van der Waals surface area contributed by atoms with Gasteiger partial charge in [-0.1, -0.05) is 11.6 Å². The molecule has 1 atom stereocenters. The molecule has 0 saturated carbocycles. The van der Waals surface area contributed by atoms with Gasteiger partial charge >= 0.3 is 12.1 Å². The quantitative estimate of drug-likeness (QED) is 0.699. The van der Waals surface area contributed by atoms with Crippen molar-refractivity contribution in [1.29, 1.82) is 0 Å². The lowest BCUT2D eigenvalue weighted by molar-refractivity contribution is -0.142. The molecule has 2 amide bonds. The van der Waals surface area contributed by atoms with Gasteiger partial charge in [0.1, 0.15) is 6.04 Å². The molecule has 1 aliphatic rings. The summed E-state index contributed by atoms with van der Waals surface area (Å²) in [4.78, 5) is 36.6. The lowest BCUT2D eigenvalue weighted by Crippen LogP contribution is -2.46. The molecule has 158 valence electrons. The Labute approximate surface area is 170 Å². The molecule has 1 heterocycles. The lowest BCUT2D eigenvalue weighted by atomic mass is 9.95. The van der Waals surface area contributed by atoms with Crippen LogP contribution < -0.4 is 5.32 Å². The number of halogens is 4. The van der Waals surface area contributed by atoms with Gasteiger partial charge in [-0.15, -0.1) is 0 Å². The van der Waals surface area contributed by atoms with Gasteiger partial charge in [0.15, 0.2) is 0 Å². The zero-order chi connectivity index (χ0) is 21.8. The largest absolute Gasteiger partial charge is 0.480 e. The molecular formula is C19H20ClF3N2O4. The Hall–Kier alpha value is -2.55. The highest BCUT2D eigenvalue weighted by atomic mass is 35.5. The van der Waals surface area contributed by atoms with Crippen LogP contribution in [0.4, 0.5) is 13.2 Å². The molecule has 0 bridgehead atoms. The van der Waals surface area contributed by atoms with Crippen LogP contribution in [-0.2, 0) is 20.6 Å². The van der Waals surface area contributed by atoms with E-state index in [4.69, 9.17) is 16.7 Å². The third kappa shape index (κ3) is 6.22. The van der Waals surface area contributed by atoms with Crippen molar-refractivity contribution in [2.24, 2.45) is 5.92 Å². The van der Waals surface area contributed by atoms with E-state index >= 15 is 0 Å². The summed E-state index contributed by atoms with van der Waals surface area (Å²) in [5.74, 6) is -2.32. The minimum atomic E-state index is -4.52. The molecule has 1 aromatic carbocycles. The molecule has 10 heteroatoms. The molecule has 1 saturated heterocycles. The second-order valence-corrected chi connectivity index (χ2v) is 7.14. The molecule has 0 aliphatic carbocycles. The molecule has 1 unspecified atom stereocenters. The highest BCUT2D eigenvalue weighted by Gasteiger charge is 2.31. The first-order valence-electron chi connectivity index (χ1n) is 8.86. The van der Waals surface area contributed by atoms with E-state index < -0.39 is 35.6 Å². The number of likely N-dealkylation sites (tertiary alicyclic amines) is 1. The summed E-state index contributed by atoms with van der Waals surface area (Å²) < 4.78 is 38.4. The summed E-state index contributed by atoms with van der Waals surface area (Å²) in [6, 6.07) is 1.85. The van der Waals surface area contributed by atoms with E-state index in [0.717, 1.165) is 24.3 Å². The van der Waals surface area contributed by atoms with E-state index in [1.165, 1.54) is 17.9 Å². The number of carbonyl (C=O) groups excluding carboxylic acids is 2. The summed E-state index contributed by atoms with van der Waals surface area (Å²) in [7, 11) is 0. The van der Waals surface area contributed by atoms with Crippen molar-refractivity contribution in [1.82, 2.24) is 10.2 Å². The number of hydrogen-bond acceptors (Lipinski definition) is 3. The van der Waals surface area contributed by atoms with Crippen LogP contribution in [0.5, 0.6) is 0 Å². The number of rotatable bonds is 5. The number of piperidine rings is 1. The standard InChI is InChI=1S/C19H20ClF3N2O4/c1-11(18(28)29)24-17(27)12-6-8-25(9-7-12)16(26)5-2-13-10-14(19(21,22)23)3-4-15(13)20/h2-5,10-12H,6-9H2,1H3,(H,24,27)(H,28,29)/b5-2+. The minimum absolute atomic E-state index is 0.0757. The number of benzene rings is 1. The van der Waals surface area contributed by atoms with Crippen LogP contribution in [0, 0.1) is 5.92 Å². The number of alkyl halides is 3. The average molecular weight is 433 g/mol. The van der Waals surface area contributed by atoms with Crippen LogP contribution in [0.3, 0.4) is 0 Å². The van der Waals surface area contributed by atoms with Crippen molar-refractivity contribution in [3.63, 3.8) is 0 Å². The van der Waals surface area contributed by atoms with Gasteiger partial charge in [-0.3, -0.25) is 14.4 Å². The maximum Gasteiger partial charge on any atom is 0.416 e. The SMILES string of the molecule is CC(NC(=O)C1CCN(C(=O)/C=C/c2cc(C(F)(F)F)ccc2Cl)CC1)C(=O)O. The number of hydrogen-bond donors (Lipinski definition) is 2. The molecule has 0 aromatic heterocycles. The van der Waals surface area contributed by atoms with E-state index in [9.17, 15) is 27.6 Å². The van der Waals surface area contributed by atoms with Gasteiger partial charge in [0.25, 0.3) is 0 Å². The van der Waals surface area contributed by atoms with E-state index in [0.29, 0.717) is 12.8 Å². The van der Waals surface area contributed by atoms with Gasteiger partial charge < -0.3 is 15.3 Å². The number of carbonyl (C=O) groups is 3. The van der Waals surface area contributed by atoms with Crippen molar-refractivity contribution >= 4 is 35.5 Å². The molecule has 1 aromatic rings. The first-order chi connectivity index (χ1) is 13.5. The number of nitrogens with one attached hydrogen (secondary N) is 1. The maximum absolute atomic E-state index is 12.8. The number of aliphatic carboxylic acids is 1. The first-order valence-corrected chi connectivity index (χ1v) is 9.23. The number of nitrogens with zero attached hydrogens (tertiary/aromatic N) is 1. The smallest absolute Gasteiger partial charge is 0.416 e. The van der Waals surface area contributed by atoms with Gasteiger partial charge in [0, 0.05) is 30.1 Å². The fraction of sp³-hybridized carbons (Fsp3) is 0.421. The van der Waals surface area contributed by atoms with E-state index in [1.807, 2.05) is 0 Å².